The zero-order chi connectivity index (χ0) is 16.7. The van der Waals surface area contributed by atoms with Gasteiger partial charge in [-0.15, -0.1) is 21.5 Å². The third-order valence-electron chi connectivity index (χ3n) is 5.29. The van der Waals surface area contributed by atoms with E-state index in [1.807, 2.05) is 6.92 Å². The second-order valence-electron chi connectivity index (χ2n) is 7.01. The van der Waals surface area contributed by atoms with Crippen molar-refractivity contribution in [1.82, 2.24) is 24.6 Å². The number of aromatic nitrogens is 4. The van der Waals surface area contributed by atoms with E-state index in [0.717, 1.165) is 48.5 Å². The van der Waals surface area contributed by atoms with Crippen LogP contribution in [0.1, 0.15) is 43.2 Å². The van der Waals surface area contributed by atoms with Gasteiger partial charge in [-0.05, 0) is 40.2 Å². The van der Waals surface area contributed by atoms with Crippen molar-refractivity contribution >= 4 is 17.3 Å². The molecule has 24 heavy (non-hydrogen) atoms. The molecule has 4 heterocycles. The van der Waals surface area contributed by atoms with Gasteiger partial charge in [0.2, 0.25) is 5.95 Å². The van der Waals surface area contributed by atoms with E-state index in [1.165, 1.54) is 19.4 Å². The summed E-state index contributed by atoms with van der Waals surface area (Å²) in [6, 6.07) is 1.18. The number of hydrogen-bond acceptors (Lipinski definition) is 6. The number of rotatable bonds is 4. The van der Waals surface area contributed by atoms with Crippen molar-refractivity contribution < 1.29 is 0 Å². The molecule has 130 valence electrons. The van der Waals surface area contributed by atoms with Gasteiger partial charge in [0.15, 0.2) is 0 Å². The van der Waals surface area contributed by atoms with Crippen LogP contribution < -0.4 is 4.90 Å². The van der Waals surface area contributed by atoms with Gasteiger partial charge in [0.25, 0.3) is 0 Å². The zero-order valence-corrected chi connectivity index (χ0v) is 15.6. The van der Waals surface area contributed by atoms with Crippen LogP contribution in [-0.2, 0) is 13.0 Å². The van der Waals surface area contributed by atoms with Crippen LogP contribution in [-0.4, -0.2) is 56.4 Å². The molecule has 0 N–H and O–H groups in total. The molecule has 0 bridgehead atoms. The molecule has 0 saturated carbocycles. The lowest BCUT2D eigenvalue weighted by Gasteiger charge is -2.42. The predicted octanol–water partition coefficient (Wildman–Crippen LogP) is 2.33. The molecule has 2 aliphatic heterocycles. The first-order chi connectivity index (χ1) is 11.7. The Morgan fingerprint density at radius 2 is 2.17 bits per heavy atom. The van der Waals surface area contributed by atoms with Crippen LogP contribution in [0.5, 0.6) is 0 Å². The summed E-state index contributed by atoms with van der Waals surface area (Å²) >= 11 is 1.71. The molecule has 0 spiro atoms. The first-order valence-electron chi connectivity index (χ1n) is 8.99. The molecule has 2 aromatic heterocycles. The summed E-state index contributed by atoms with van der Waals surface area (Å²) in [6.07, 6.45) is 3.42. The SMILES string of the molecule is CCn1c(Cc2nc(C)cs2)nnc1N1CC2CCCN2CC1C. The van der Waals surface area contributed by atoms with Gasteiger partial charge in [0, 0.05) is 42.8 Å². The maximum Gasteiger partial charge on any atom is 0.227 e. The standard InChI is InChI=1S/C17H26N6S/c1-4-22-15(8-16-18-12(2)11-24-16)19-20-17(22)23-10-14-6-5-7-21(14)9-13(23)3/h11,13-14H,4-10H2,1-3H3. The maximum absolute atomic E-state index is 4.58. The van der Waals surface area contributed by atoms with E-state index in [-0.39, 0.29) is 0 Å². The van der Waals surface area contributed by atoms with Crippen molar-refractivity contribution in [3.8, 4) is 0 Å². The van der Waals surface area contributed by atoms with Crippen LogP contribution in [0.15, 0.2) is 5.38 Å². The lowest BCUT2D eigenvalue weighted by molar-refractivity contribution is 0.200. The summed E-state index contributed by atoms with van der Waals surface area (Å²) in [6.45, 7) is 10.9. The van der Waals surface area contributed by atoms with Crippen LogP contribution in [0.4, 0.5) is 5.95 Å². The number of hydrogen-bond donors (Lipinski definition) is 0. The van der Waals surface area contributed by atoms with Crippen LogP contribution in [0.2, 0.25) is 0 Å². The summed E-state index contributed by atoms with van der Waals surface area (Å²) in [4.78, 5) is 9.70. The number of aryl methyl sites for hydroxylation is 1. The number of nitrogens with zero attached hydrogens (tertiary/aromatic N) is 6. The van der Waals surface area contributed by atoms with E-state index in [9.17, 15) is 0 Å². The average molecular weight is 347 g/mol. The Labute approximate surface area is 147 Å². The molecule has 7 heteroatoms. The van der Waals surface area contributed by atoms with Crippen molar-refractivity contribution in [3.63, 3.8) is 0 Å². The zero-order valence-electron chi connectivity index (χ0n) is 14.8. The van der Waals surface area contributed by atoms with Crippen LogP contribution in [0, 0.1) is 6.92 Å². The van der Waals surface area contributed by atoms with Gasteiger partial charge in [-0.25, -0.2) is 4.98 Å². The lowest BCUT2D eigenvalue weighted by atomic mass is 10.1. The molecule has 0 aliphatic carbocycles. The monoisotopic (exact) mass is 346 g/mol. The summed E-state index contributed by atoms with van der Waals surface area (Å²) in [7, 11) is 0. The highest BCUT2D eigenvalue weighted by Crippen LogP contribution is 2.28. The third-order valence-corrected chi connectivity index (χ3v) is 6.26. The van der Waals surface area contributed by atoms with Crippen LogP contribution >= 0.6 is 11.3 Å². The molecule has 2 aliphatic rings. The molecule has 0 radical (unpaired) electrons. The maximum atomic E-state index is 4.58. The highest BCUT2D eigenvalue weighted by atomic mass is 32.1. The van der Waals surface area contributed by atoms with Crippen molar-refractivity contribution in [2.45, 2.75) is 58.7 Å². The van der Waals surface area contributed by atoms with Crippen molar-refractivity contribution in [1.29, 1.82) is 0 Å². The second kappa shape index (κ2) is 6.44. The molecular weight excluding hydrogens is 320 g/mol. The smallest absolute Gasteiger partial charge is 0.227 e. The molecule has 2 saturated heterocycles. The molecule has 2 fully saturated rings. The van der Waals surface area contributed by atoms with E-state index in [2.05, 4.69) is 48.8 Å². The quantitative estimate of drug-likeness (QED) is 0.850. The van der Waals surface area contributed by atoms with Gasteiger partial charge in [-0.1, -0.05) is 0 Å². The molecule has 0 amide bonds. The van der Waals surface area contributed by atoms with E-state index in [4.69, 9.17) is 0 Å². The Kier molecular flexibility index (Phi) is 4.30. The fourth-order valence-corrected chi connectivity index (χ4v) is 4.85. The van der Waals surface area contributed by atoms with Gasteiger partial charge in [0.1, 0.15) is 10.8 Å². The minimum Gasteiger partial charge on any atom is -0.335 e. The number of thiazole rings is 1. The fraction of sp³-hybridized carbons (Fsp3) is 0.706. The van der Waals surface area contributed by atoms with Gasteiger partial charge >= 0.3 is 0 Å². The second-order valence-corrected chi connectivity index (χ2v) is 7.95. The van der Waals surface area contributed by atoms with E-state index >= 15 is 0 Å². The minimum atomic E-state index is 0.490. The summed E-state index contributed by atoms with van der Waals surface area (Å²) in [5.74, 6) is 2.07. The number of anilines is 1. The normalized spacial score (nSPS) is 24.5. The largest absolute Gasteiger partial charge is 0.335 e. The third kappa shape index (κ3) is 2.84. The first-order valence-corrected chi connectivity index (χ1v) is 9.87. The van der Waals surface area contributed by atoms with E-state index in [0.29, 0.717) is 12.1 Å². The van der Waals surface area contributed by atoms with E-state index < -0.39 is 0 Å². The van der Waals surface area contributed by atoms with Crippen LogP contribution in [0.3, 0.4) is 0 Å². The number of fused-ring (bicyclic) bond motifs is 1. The molecule has 2 aromatic rings. The molecule has 4 rings (SSSR count). The van der Waals surface area contributed by atoms with Crippen molar-refractivity contribution in [3.05, 3.63) is 21.9 Å². The molecular formula is C17H26N6S. The van der Waals surface area contributed by atoms with Gasteiger partial charge < -0.3 is 4.90 Å². The predicted molar refractivity (Wildman–Crippen MR) is 96.8 cm³/mol. The molecule has 0 aromatic carbocycles. The first kappa shape index (κ1) is 16.0. The highest BCUT2D eigenvalue weighted by Gasteiger charge is 2.36. The lowest BCUT2D eigenvalue weighted by Crippen LogP contribution is -2.55. The Bertz CT molecular complexity index is 708. The minimum absolute atomic E-state index is 0.490. The fourth-order valence-electron chi connectivity index (χ4n) is 4.08. The van der Waals surface area contributed by atoms with Gasteiger partial charge in [-0.3, -0.25) is 9.47 Å². The molecule has 2 atom stereocenters. The topological polar surface area (TPSA) is 50.1 Å². The van der Waals surface area contributed by atoms with Gasteiger partial charge in [-0.2, -0.15) is 0 Å². The summed E-state index contributed by atoms with van der Waals surface area (Å²) < 4.78 is 2.28. The van der Waals surface area contributed by atoms with Crippen molar-refractivity contribution in [2.24, 2.45) is 0 Å². The Hall–Kier alpha value is -1.47. The summed E-state index contributed by atoms with van der Waals surface area (Å²) in [5.41, 5.74) is 1.09. The Morgan fingerprint density at radius 1 is 1.29 bits per heavy atom. The molecule has 6 nitrogen and oxygen atoms in total. The van der Waals surface area contributed by atoms with Crippen molar-refractivity contribution in [2.75, 3.05) is 24.5 Å². The van der Waals surface area contributed by atoms with Crippen LogP contribution in [0.25, 0.3) is 0 Å². The molecule has 2 unspecified atom stereocenters. The Balaban J connectivity index is 1.58. The van der Waals surface area contributed by atoms with E-state index in [1.54, 1.807) is 11.3 Å². The van der Waals surface area contributed by atoms with Gasteiger partial charge in [0.05, 0.1) is 6.42 Å². The Morgan fingerprint density at radius 3 is 2.92 bits per heavy atom. The average Bonchev–Trinajstić information content (AvgIpc) is 3.26. The summed E-state index contributed by atoms with van der Waals surface area (Å²) in [5, 5.41) is 12.3. The highest BCUT2D eigenvalue weighted by molar-refractivity contribution is 7.09. The number of piperazine rings is 1.